The van der Waals surface area contributed by atoms with Gasteiger partial charge in [-0.1, -0.05) is 0 Å². The van der Waals surface area contributed by atoms with Crippen LogP contribution in [0.15, 0.2) is 30.5 Å². The summed E-state index contributed by atoms with van der Waals surface area (Å²) < 4.78 is 5.19. The Hall–Kier alpha value is -3.09. The molecule has 0 atom stereocenters. The van der Waals surface area contributed by atoms with Crippen LogP contribution in [0.25, 0.3) is 0 Å². The average molecular weight is 315 g/mol. The minimum absolute atomic E-state index is 0.134. The Labute approximate surface area is 133 Å². The number of methoxy groups -OCH3 is 1. The van der Waals surface area contributed by atoms with E-state index in [0.29, 0.717) is 22.7 Å². The van der Waals surface area contributed by atoms with Crippen LogP contribution < -0.4 is 15.4 Å². The van der Waals surface area contributed by atoms with Gasteiger partial charge in [-0.05, 0) is 31.2 Å². The number of benzene rings is 1. The third-order valence-electron chi connectivity index (χ3n) is 3.10. The van der Waals surface area contributed by atoms with Gasteiger partial charge in [0.15, 0.2) is 5.78 Å². The fourth-order valence-corrected chi connectivity index (χ4v) is 2.01. The highest BCUT2D eigenvalue weighted by Crippen LogP contribution is 2.28. The first-order chi connectivity index (χ1) is 10.9. The third-order valence-corrected chi connectivity index (χ3v) is 3.10. The van der Waals surface area contributed by atoms with Crippen LogP contribution in [-0.2, 0) is 4.79 Å². The van der Waals surface area contributed by atoms with Crippen LogP contribution in [0.4, 0.5) is 11.4 Å². The van der Waals surface area contributed by atoms with E-state index in [9.17, 15) is 14.4 Å². The van der Waals surface area contributed by atoms with Gasteiger partial charge in [-0.25, -0.2) is 0 Å². The Morgan fingerprint density at radius 3 is 2.39 bits per heavy atom. The van der Waals surface area contributed by atoms with Gasteiger partial charge in [0.2, 0.25) is 5.91 Å². The van der Waals surface area contributed by atoms with Crippen LogP contribution in [0.2, 0.25) is 0 Å². The van der Waals surface area contributed by atoms with Crippen molar-refractivity contribution in [3.8, 4) is 5.75 Å². The number of amides is 2. The largest absolute Gasteiger partial charge is 0.495 e. The molecule has 120 valence electrons. The molecule has 1 heterocycles. The number of H-pyrrole nitrogens is 1. The zero-order chi connectivity index (χ0) is 17.0. The van der Waals surface area contributed by atoms with Crippen LogP contribution in [0.1, 0.15) is 34.7 Å². The van der Waals surface area contributed by atoms with Gasteiger partial charge in [-0.2, -0.15) is 0 Å². The van der Waals surface area contributed by atoms with Gasteiger partial charge < -0.3 is 20.4 Å². The number of ether oxygens (including phenoxy) is 1. The number of carbonyl (C=O) groups is 3. The van der Waals surface area contributed by atoms with Gasteiger partial charge in [-0.15, -0.1) is 0 Å². The van der Waals surface area contributed by atoms with Crippen molar-refractivity contribution in [3.63, 3.8) is 0 Å². The predicted octanol–water partition coefficient (Wildman–Crippen LogP) is 2.44. The van der Waals surface area contributed by atoms with Crippen molar-refractivity contribution in [1.29, 1.82) is 0 Å². The molecule has 0 aliphatic heterocycles. The van der Waals surface area contributed by atoms with E-state index in [0.717, 1.165) is 0 Å². The Balaban J connectivity index is 2.24. The van der Waals surface area contributed by atoms with Crippen molar-refractivity contribution >= 4 is 29.0 Å². The molecule has 1 aromatic heterocycles. The van der Waals surface area contributed by atoms with E-state index in [4.69, 9.17) is 4.74 Å². The molecule has 2 aromatic rings. The van der Waals surface area contributed by atoms with Gasteiger partial charge >= 0.3 is 0 Å². The summed E-state index contributed by atoms with van der Waals surface area (Å²) in [5.74, 6) is -0.324. The van der Waals surface area contributed by atoms with Crippen molar-refractivity contribution < 1.29 is 19.1 Å². The first-order valence-corrected chi connectivity index (χ1v) is 6.87. The fourth-order valence-electron chi connectivity index (χ4n) is 2.01. The van der Waals surface area contributed by atoms with Gasteiger partial charge in [0.1, 0.15) is 11.4 Å². The van der Waals surface area contributed by atoms with E-state index in [1.807, 2.05) is 0 Å². The number of rotatable bonds is 5. The zero-order valence-electron chi connectivity index (χ0n) is 13.0. The molecule has 0 unspecified atom stereocenters. The summed E-state index contributed by atoms with van der Waals surface area (Å²) in [6, 6.07) is 6.36. The minimum atomic E-state index is -0.421. The predicted molar refractivity (Wildman–Crippen MR) is 86.0 cm³/mol. The number of carbonyl (C=O) groups excluding carboxylic acids is 3. The van der Waals surface area contributed by atoms with E-state index < -0.39 is 5.91 Å². The molecule has 0 spiro atoms. The smallest absolute Gasteiger partial charge is 0.272 e. The number of hydrogen-bond acceptors (Lipinski definition) is 4. The van der Waals surface area contributed by atoms with E-state index in [2.05, 4.69) is 15.6 Å². The molecule has 7 heteroatoms. The minimum Gasteiger partial charge on any atom is -0.495 e. The molecule has 7 nitrogen and oxygen atoms in total. The number of hydrogen-bond donors (Lipinski definition) is 3. The molecular formula is C16H17N3O4. The molecule has 3 N–H and O–H groups in total. The van der Waals surface area contributed by atoms with E-state index in [1.165, 1.54) is 33.2 Å². The molecule has 0 aliphatic carbocycles. The second kappa shape index (κ2) is 6.78. The lowest BCUT2D eigenvalue weighted by atomic mass is 10.2. The maximum Gasteiger partial charge on any atom is 0.272 e. The number of Topliss-reactive ketones (excluding diaryl/α,β-unsaturated/α-hetero) is 1. The molecule has 0 fully saturated rings. The normalized spacial score (nSPS) is 10.0. The topological polar surface area (TPSA) is 100 Å². The Kier molecular flexibility index (Phi) is 4.80. The molecule has 0 aliphatic rings. The average Bonchev–Trinajstić information content (AvgIpc) is 2.97. The van der Waals surface area contributed by atoms with Crippen molar-refractivity contribution in [1.82, 2.24) is 4.98 Å². The SMILES string of the molecule is COc1ccc(NC(C)=O)cc1NC(=O)c1cc(C(C)=O)c[nH]1. The summed E-state index contributed by atoms with van der Waals surface area (Å²) in [5, 5.41) is 5.32. The quantitative estimate of drug-likeness (QED) is 0.738. The number of ketones is 1. The van der Waals surface area contributed by atoms with Crippen molar-refractivity contribution in [2.45, 2.75) is 13.8 Å². The molecule has 2 amide bonds. The summed E-state index contributed by atoms with van der Waals surface area (Å²) in [7, 11) is 1.48. The fraction of sp³-hybridized carbons (Fsp3) is 0.188. The standard InChI is InChI=1S/C16H17N3O4/c1-9(20)11-6-14(17-8-11)16(22)19-13-7-12(18-10(2)21)4-5-15(13)23-3/h4-8,17H,1-3H3,(H,18,21)(H,19,22). The molecule has 0 saturated carbocycles. The van der Waals surface area contributed by atoms with Crippen LogP contribution in [0, 0.1) is 0 Å². The van der Waals surface area contributed by atoms with Crippen LogP contribution in [0.3, 0.4) is 0 Å². The Morgan fingerprint density at radius 2 is 1.83 bits per heavy atom. The van der Waals surface area contributed by atoms with E-state index in [1.54, 1.807) is 18.2 Å². The molecule has 0 saturated heterocycles. The van der Waals surface area contributed by atoms with Gasteiger partial charge in [0.25, 0.3) is 5.91 Å². The van der Waals surface area contributed by atoms with Crippen LogP contribution in [-0.4, -0.2) is 29.7 Å². The monoisotopic (exact) mass is 315 g/mol. The molecule has 1 aromatic carbocycles. The molecule has 0 radical (unpaired) electrons. The molecule has 23 heavy (non-hydrogen) atoms. The highest BCUT2D eigenvalue weighted by Gasteiger charge is 2.14. The lowest BCUT2D eigenvalue weighted by Gasteiger charge is -2.12. The van der Waals surface area contributed by atoms with Crippen LogP contribution >= 0.6 is 0 Å². The summed E-state index contributed by atoms with van der Waals surface area (Å²) >= 11 is 0. The Bertz CT molecular complexity index is 764. The highest BCUT2D eigenvalue weighted by molar-refractivity contribution is 6.06. The molecule has 0 bridgehead atoms. The first kappa shape index (κ1) is 16.3. The van der Waals surface area contributed by atoms with Crippen LogP contribution in [0.5, 0.6) is 5.75 Å². The lowest BCUT2D eigenvalue weighted by Crippen LogP contribution is -2.14. The zero-order valence-corrected chi connectivity index (χ0v) is 13.0. The van der Waals surface area contributed by atoms with E-state index >= 15 is 0 Å². The summed E-state index contributed by atoms with van der Waals surface area (Å²) in [6.07, 6.45) is 1.47. The highest BCUT2D eigenvalue weighted by atomic mass is 16.5. The van der Waals surface area contributed by atoms with Crippen molar-refractivity contribution in [3.05, 3.63) is 41.7 Å². The van der Waals surface area contributed by atoms with E-state index in [-0.39, 0.29) is 17.4 Å². The first-order valence-electron chi connectivity index (χ1n) is 6.87. The maximum absolute atomic E-state index is 12.3. The Morgan fingerprint density at radius 1 is 1.09 bits per heavy atom. The number of anilines is 2. The van der Waals surface area contributed by atoms with Crippen molar-refractivity contribution in [2.75, 3.05) is 17.7 Å². The number of nitrogens with one attached hydrogen (secondary N) is 3. The van der Waals surface area contributed by atoms with Gasteiger partial charge in [0.05, 0.1) is 12.8 Å². The van der Waals surface area contributed by atoms with Gasteiger partial charge in [0, 0.05) is 24.4 Å². The number of aromatic amines is 1. The van der Waals surface area contributed by atoms with Gasteiger partial charge in [-0.3, -0.25) is 14.4 Å². The maximum atomic E-state index is 12.3. The second-order valence-corrected chi connectivity index (χ2v) is 4.91. The number of aromatic nitrogens is 1. The molecule has 2 rings (SSSR count). The lowest BCUT2D eigenvalue weighted by molar-refractivity contribution is -0.114. The summed E-state index contributed by atoms with van der Waals surface area (Å²) in [4.78, 5) is 37.4. The summed E-state index contributed by atoms with van der Waals surface area (Å²) in [5.41, 5.74) is 1.61. The second-order valence-electron chi connectivity index (χ2n) is 4.91. The third kappa shape index (κ3) is 3.97. The molecular weight excluding hydrogens is 298 g/mol. The summed E-state index contributed by atoms with van der Waals surface area (Å²) in [6.45, 7) is 2.81. The van der Waals surface area contributed by atoms with Crippen molar-refractivity contribution in [2.24, 2.45) is 0 Å².